The van der Waals surface area contributed by atoms with Crippen LogP contribution in [0.4, 0.5) is 0 Å². The van der Waals surface area contributed by atoms with Crippen LogP contribution in [0.15, 0.2) is 24.5 Å². The molecular weight excluding hydrogens is 238 g/mol. The second-order valence-electron chi connectivity index (χ2n) is 5.71. The SMILES string of the molecule is CC(C)C1(C(=O)N[C@@H](C)c2ccncc2)CCNC1. The van der Waals surface area contributed by atoms with Gasteiger partial charge in [0.15, 0.2) is 0 Å². The molecule has 0 saturated carbocycles. The lowest BCUT2D eigenvalue weighted by Crippen LogP contribution is -2.46. The minimum atomic E-state index is -0.263. The van der Waals surface area contributed by atoms with Gasteiger partial charge in [-0.15, -0.1) is 0 Å². The molecule has 1 saturated heterocycles. The number of hydrogen-bond acceptors (Lipinski definition) is 3. The zero-order chi connectivity index (χ0) is 13.9. The number of carbonyl (C=O) groups excluding carboxylic acids is 1. The number of carbonyl (C=O) groups is 1. The van der Waals surface area contributed by atoms with Crippen molar-refractivity contribution in [2.75, 3.05) is 13.1 Å². The van der Waals surface area contributed by atoms with Gasteiger partial charge in [-0.3, -0.25) is 9.78 Å². The third kappa shape index (κ3) is 2.78. The van der Waals surface area contributed by atoms with Crippen LogP contribution in [-0.4, -0.2) is 24.0 Å². The van der Waals surface area contributed by atoms with Crippen molar-refractivity contribution < 1.29 is 4.79 Å². The highest BCUT2D eigenvalue weighted by molar-refractivity contribution is 5.84. The van der Waals surface area contributed by atoms with Gasteiger partial charge in [0, 0.05) is 18.9 Å². The van der Waals surface area contributed by atoms with Gasteiger partial charge < -0.3 is 10.6 Å². The van der Waals surface area contributed by atoms with E-state index in [1.165, 1.54) is 0 Å². The van der Waals surface area contributed by atoms with E-state index in [0.717, 1.165) is 25.1 Å². The predicted octanol–water partition coefficient (Wildman–Crippen LogP) is 1.89. The third-order valence-electron chi connectivity index (χ3n) is 4.30. The van der Waals surface area contributed by atoms with Crippen LogP contribution >= 0.6 is 0 Å². The molecule has 2 heterocycles. The molecule has 0 radical (unpaired) electrons. The molecule has 104 valence electrons. The Morgan fingerprint density at radius 2 is 2.05 bits per heavy atom. The normalized spacial score (nSPS) is 24.4. The van der Waals surface area contributed by atoms with Gasteiger partial charge in [-0.25, -0.2) is 0 Å². The van der Waals surface area contributed by atoms with Crippen molar-refractivity contribution >= 4 is 5.91 Å². The van der Waals surface area contributed by atoms with Gasteiger partial charge in [0.1, 0.15) is 0 Å². The summed E-state index contributed by atoms with van der Waals surface area (Å²) in [7, 11) is 0. The highest BCUT2D eigenvalue weighted by atomic mass is 16.2. The summed E-state index contributed by atoms with van der Waals surface area (Å²) in [6.45, 7) is 7.98. The average molecular weight is 261 g/mol. The number of rotatable bonds is 4. The molecule has 1 aromatic heterocycles. The van der Waals surface area contributed by atoms with Crippen molar-refractivity contribution in [1.82, 2.24) is 15.6 Å². The van der Waals surface area contributed by atoms with Crippen LogP contribution < -0.4 is 10.6 Å². The lowest BCUT2D eigenvalue weighted by Gasteiger charge is -2.32. The number of nitrogens with one attached hydrogen (secondary N) is 2. The zero-order valence-electron chi connectivity index (χ0n) is 11.9. The molecular formula is C15H23N3O. The summed E-state index contributed by atoms with van der Waals surface area (Å²) < 4.78 is 0. The van der Waals surface area contributed by atoms with Gasteiger partial charge in [0.05, 0.1) is 11.5 Å². The maximum Gasteiger partial charge on any atom is 0.228 e. The Labute approximate surface area is 115 Å². The summed E-state index contributed by atoms with van der Waals surface area (Å²) in [6, 6.07) is 3.91. The number of amides is 1. The van der Waals surface area contributed by atoms with Crippen LogP contribution in [0.5, 0.6) is 0 Å². The summed E-state index contributed by atoms with van der Waals surface area (Å²) in [5.74, 6) is 0.504. The largest absolute Gasteiger partial charge is 0.349 e. The Hall–Kier alpha value is -1.42. The van der Waals surface area contributed by atoms with Crippen molar-refractivity contribution in [3.8, 4) is 0 Å². The monoisotopic (exact) mass is 261 g/mol. The van der Waals surface area contributed by atoms with E-state index >= 15 is 0 Å². The van der Waals surface area contributed by atoms with E-state index in [0.29, 0.717) is 5.92 Å². The molecule has 1 fully saturated rings. The van der Waals surface area contributed by atoms with E-state index in [4.69, 9.17) is 0 Å². The molecule has 1 unspecified atom stereocenters. The molecule has 2 rings (SSSR count). The highest BCUT2D eigenvalue weighted by Gasteiger charge is 2.44. The standard InChI is InChI=1S/C15H23N3O/c1-11(2)15(6-9-17-10-15)14(19)18-12(3)13-4-7-16-8-5-13/h4-5,7-8,11-12,17H,6,9-10H2,1-3H3,(H,18,19)/t12-,15?/m0/s1. The van der Waals surface area contributed by atoms with Crippen LogP contribution in [0.25, 0.3) is 0 Å². The maximum atomic E-state index is 12.6. The lowest BCUT2D eigenvalue weighted by molar-refractivity contribution is -0.133. The molecule has 1 aliphatic heterocycles. The molecule has 2 atom stereocenters. The fraction of sp³-hybridized carbons (Fsp3) is 0.600. The molecule has 1 aromatic rings. The smallest absolute Gasteiger partial charge is 0.228 e. The number of nitrogens with zero attached hydrogens (tertiary/aromatic N) is 1. The van der Waals surface area contributed by atoms with Gasteiger partial charge in [-0.05, 0) is 43.5 Å². The van der Waals surface area contributed by atoms with Crippen LogP contribution in [0.2, 0.25) is 0 Å². The molecule has 4 nitrogen and oxygen atoms in total. The van der Waals surface area contributed by atoms with Crippen molar-refractivity contribution in [3.63, 3.8) is 0 Å². The summed E-state index contributed by atoms with van der Waals surface area (Å²) in [5, 5.41) is 6.47. The van der Waals surface area contributed by atoms with E-state index < -0.39 is 0 Å². The maximum absolute atomic E-state index is 12.6. The van der Waals surface area contributed by atoms with Gasteiger partial charge in [0.2, 0.25) is 5.91 Å². The Bertz CT molecular complexity index is 424. The van der Waals surface area contributed by atoms with E-state index in [1.54, 1.807) is 12.4 Å². The van der Waals surface area contributed by atoms with Crippen LogP contribution in [-0.2, 0) is 4.79 Å². The predicted molar refractivity (Wildman–Crippen MR) is 75.6 cm³/mol. The number of pyridine rings is 1. The van der Waals surface area contributed by atoms with E-state index in [1.807, 2.05) is 19.1 Å². The molecule has 0 spiro atoms. The van der Waals surface area contributed by atoms with Crippen LogP contribution in [0.1, 0.15) is 38.8 Å². The molecule has 19 heavy (non-hydrogen) atoms. The van der Waals surface area contributed by atoms with Gasteiger partial charge >= 0.3 is 0 Å². The first-order chi connectivity index (χ1) is 9.06. The molecule has 4 heteroatoms. The van der Waals surface area contributed by atoms with Crippen LogP contribution in [0.3, 0.4) is 0 Å². The summed E-state index contributed by atoms with van der Waals surface area (Å²) in [6.07, 6.45) is 4.43. The van der Waals surface area contributed by atoms with Gasteiger partial charge in [-0.1, -0.05) is 13.8 Å². The topological polar surface area (TPSA) is 54.0 Å². The first-order valence-corrected chi connectivity index (χ1v) is 6.98. The Balaban J connectivity index is 2.08. The van der Waals surface area contributed by atoms with Gasteiger partial charge in [0.25, 0.3) is 0 Å². The van der Waals surface area contributed by atoms with Gasteiger partial charge in [-0.2, -0.15) is 0 Å². The van der Waals surface area contributed by atoms with E-state index in [2.05, 4.69) is 29.5 Å². The fourth-order valence-electron chi connectivity index (χ4n) is 2.74. The lowest BCUT2D eigenvalue weighted by atomic mass is 9.75. The number of hydrogen-bond donors (Lipinski definition) is 2. The molecule has 1 amide bonds. The second kappa shape index (κ2) is 5.70. The molecule has 1 aliphatic rings. The summed E-state index contributed by atoms with van der Waals surface area (Å²) in [4.78, 5) is 16.6. The third-order valence-corrected chi connectivity index (χ3v) is 4.30. The summed E-state index contributed by atoms with van der Waals surface area (Å²) in [5.41, 5.74) is 0.828. The quantitative estimate of drug-likeness (QED) is 0.870. The summed E-state index contributed by atoms with van der Waals surface area (Å²) >= 11 is 0. The number of aromatic nitrogens is 1. The Morgan fingerprint density at radius 3 is 2.58 bits per heavy atom. The second-order valence-corrected chi connectivity index (χ2v) is 5.71. The van der Waals surface area contributed by atoms with Crippen molar-refractivity contribution in [1.29, 1.82) is 0 Å². The molecule has 0 bridgehead atoms. The molecule has 0 aliphatic carbocycles. The molecule has 0 aromatic carbocycles. The highest BCUT2D eigenvalue weighted by Crippen LogP contribution is 2.35. The average Bonchev–Trinajstić information content (AvgIpc) is 2.90. The first-order valence-electron chi connectivity index (χ1n) is 6.98. The van der Waals surface area contributed by atoms with E-state index in [9.17, 15) is 4.79 Å². The zero-order valence-corrected chi connectivity index (χ0v) is 11.9. The van der Waals surface area contributed by atoms with Crippen molar-refractivity contribution in [2.45, 2.75) is 33.2 Å². The van der Waals surface area contributed by atoms with Crippen molar-refractivity contribution in [2.24, 2.45) is 11.3 Å². The fourth-order valence-corrected chi connectivity index (χ4v) is 2.74. The van der Waals surface area contributed by atoms with E-state index in [-0.39, 0.29) is 17.4 Å². The van der Waals surface area contributed by atoms with Crippen LogP contribution in [0, 0.1) is 11.3 Å². The minimum Gasteiger partial charge on any atom is -0.349 e. The van der Waals surface area contributed by atoms with Crippen molar-refractivity contribution in [3.05, 3.63) is 30.1 Å². The Kier molecular flexibility index (Phi) is 4.20. The Morgan fingerprint density at radius 1 is 1.37 bits per heavy atom. The molecule has 2 N–H and O–H groups in total. The first kappa shape index (κ1) is 14.0. The minimum absolute atomic E-state index is 0.0201.